The molecule has 1 unspecified atom stereocenters. The van der Waals surface area contributed by atoms with Crippen LogP contribution >= 0.6 is 22.9 Å². The predicted molar refractivity (Wildman–Crippen MR) is 71.0 cm³/mol. The summed E-state index contributed by atoms with van der Waals surface area (Å²) >= 11 is 7.15. The topological polar surface area (TPSA) is 69.6 Å². The molecular weight excluding hydrogens is 276 g/mol. The van der Waals surface area contributed by atoms with Crippen molar-refractivity contribution in [3.63, 3.8) is 0 Å². The van der Waals surface area contributed by atoms with E-state index < -0.39 is 18.0 Å². The molecule has 0 aliphatic heterocycles. The molecule has 100 valence electrons. The minimum Gasteiger partial charge on any atom is -0.480 e. The molecule has 18 heavy (non-hydrogen) atoms. The standard InChI is InChI=1S/C11H15ClN2O3S/c1-3-8(10(15)16)14(2)11(17)13-6-7-4-5-9(12)18-7/h4-5,8H,3,6H2,1-2H3,(H,13,17)(H,15,16). The lowest BCUT2D eigenvalue weighted by molar-refractivity contribution is -0.141. The van der Waals surface area contributed by atoms with Gasteiger partial charge in [-0.05, 0) is 18.6 Å². The van der Waals surface area contributed by atoms with Crippen LogP contribution in [-0.2, 0) is 11.3 Å². The molecule has 5 nitrogen and oxygen atoms in total. The van der Waals surface area contributed by atoms with Gasteiger partial charge < -0.3 is 15.3 Å². The molecule has 0 aliphatic carbocycles. The third-order valence-electron chi connectivity index (χ3n) is 2.50. The maximum atomic E-state index is 11.8. The zero-order chi connectivity index (χ0) is 13.7. The van der Waals surface area contributed by atoms with Crippen molar-refractivity contribution in [2.75, 3.05) is 7.05 Å². The molecule has 1 heterocycles. The van der Waals surface area contributed by atoms with Gasteiger partial charge in [0, 0.05) is 11.9 Å². The van der Waals surface area contributed by atoms with Crippen LogP contribution in [0.1, 0.15) is 18.2 Å². The molecule has 0 fully saturated rings. The van der Waals surface area contributed by atoms with Crippen LogP contribution in [-0.4, -0.2) is 35.1 Å². The lowest BCUT2D eigenvalue weighted by atomic mass is 10.2. The van der Waals surface area contributed by atoms with Crippen LogP contribution in [0, 0.1) is 0 Å². The van der Waals surface area contributed by atoms with E-state index >= 15 is 0 Å². The second-order valence-corrected chi connectivity index (χ2v) is 5.54. The Kier molecular flexibility index (Phi) is 5.43. The number of urea groups is 1. The molecule has 1 atom stereocenters. The van der Waals surface area contributed by atoms with E-state index in [1.807, 2.05) is 6.07 Å². The van der Waals surface area contributed by atoms with Gasteiger partial charge in [-0.3, -0.25) is 0 Å². The number of thiophene rings is 1. The highest BCUT2D eigenvalue weighted by Crippen LogP contribution is 2.21. The minimum atomic E-state index is -1.01. The molecule has 0 spiro atoms. The first-order chi connectivity index (χ1) is 8.45. The van der Waals surface area contributed by atoms with Crippen LogP contribution in [0.5, 0.6) is 0 Å². The third-order valence-corrected chi connectivity index (χ3v) is 3.73. The van der Waals surface area contributed by atoms with Gasteiger partial charge in [0.15, 0.2) is 0 Å². The van der Waals surface area contributed by atoms with Gasteiger partial charge in [-0.2, -0.15) is 0 Å². The Morgan fingerprint density at radius 3 is 2.67 bits per heavy atom. The average Bonchev–Trinajstić information content (AvgIpc) is 2.72. The van der Waals surface area contributed by atoms with Gasteiger partial charge in [-0.15, -0.1) is 11.3 Å². The Morgan fingerprint density at radius 1 is 1.56 bits per heavy atom. The predicted octanol–water partition coefficient (Wildman–Crippen LogP) is 2.41. The highest BCUT2D eigenvalue weighted by Gasteiger charge is 2.24. The molecule has 0 bridgehead atoms. The number of nitrogens with one attached hydrogen (secondary N) is 1. The highest BCUT2D eigenvalue weighted by molar-refractivity contribution is 7.16. The maximum absolute atomic E-state index is 11.8. The van der Waals surface area contributed by atoms with Crippen molar-refractivity contribution in [2.24, 2.45) is 0 Å². The van der Waals surface area contributed by atoms with Gasteiger partial charge in [-0.25, -0.2) is 9.59 Å². The maximum Gasteiger partial charge on any atom is 0.326 e. The highest BCUT2D eigenvalue weighted by atomic mass is 35.5. The lowest BCUT2D eigenvalue weighted by Crippen LogP contribution is -2.46. The molecule has 1 aromatic heterocycles. The van der Waals surface area contributed by atoms with Crippen LogP contribution < -0.4 is 5.32 Å². The Bertz CT molecular complexity index is 436. The van der Waals surface area contributed by atoms with Crippen molar-refractivity contribution >= 4 is 34.9 Å². The number of amides is 2. The Balaban J connectivity index is 2.52. The number of carbonyl (C=O) groups is 2. The monoisotopic (exact) mass is 290 g/mol. The van der Waals surface area contributed by atoms with Crippen molar-refractivity contribution in [1.82, 2.24) is 10.2 Å². The summed E-state index contributed by atoms with van der Waals surface area (Å²) in [6.07, 6.45) is 0.365. The fraction of sp³-hybridized carbons (Fsp3) is 0.455. The van der Waals surface area contributed by atoms with E-state index in [-0.39, 0.29) is 0 Å². The Hall–Kier alpha value is -1.27. The fourth-order valence-electron chi connectivity index (χ4n) is 1.49. The number of hydrogen-bond acceptors (Lipinski definition) is 3. The average molecular weight is 291 g/mol. The molecule has 2 amide bonds. The lowest BCUT2D eigenvalue weighted by Gasteiger charge is -2.23. The van der Waals surface area contributed by atoms with Crippen LogP contribution in [0.15, 0.2) is 12.1 Å². The molecule has 0 aliphatic rings. The zero-order valence-electron chi connectivity index (χ0n) is 10.1. The van der Waals surface area contributed by atoms with Gasteiger partial charge in [0.1, 0.15) is 6.04 Å². The summed E-state index contributed by atoms with van der Waals surface area (Å²) in [5, 5.41) is 11.6. The van der Waals surface area contributed by atoms with Crippen molar-refractivity contribution in [1.29, 1.82) is 0 Å². The third kappa shape index (κ3) is 3.89. The van der Waals surface area contributed by atoms with E-state index in [0.29, 0.717) is 17.3 Å². The number of likely N-dealkylation sites (N-methyl/N-ethyl adjacent to an activating group) is 1. The summed E-state index contributed by atoms with van der Waals surface area (Å²) in [6.45, 7) is 2.07. The number of carboxylic acids is 1. The Morgan fingerprint density at radius 2 is 2.22 bits per heavy atom. The minimum absolute atomic E-state index is 0.344. The molecule has 1 aromatic rings. The summed E-state index contributed by atoms with van der Waals surface area (Å²) in [6, 6.07) is 2.36. The molecule has 1 rings (SSSR count). The van der Waals surface area contributed by atoms with Crippen molar-refractivity contribution in [3.8, 4) is 0 Å². The van der Waals surface area contributed by atoms with Crippen LogP contribution in [0.25, 0.3) is 0 Å². The number of rotatable bonds is 5. The molecule has 7 heteroatoms. The van der Waals surface area contributed by atoms with E-state index in [0.717, 1.165) is 4.88 Å². The first-order valence-electron chi connectivity index (χ1n) is 5.43. The SMILES string of the molecule is CCC(C(=O)O)N(C)C(=O)NCc1ccc(Cl)s1. The van der Waals surface area contributed by atoms with Crippen molar-refractivity contribution in [2.45, 2.75) is 25.9 Å². The first kappa shape index (κ1) is 14.8. The number of nitrogens with zero attached hydrogens (tertiary/aromatic N) is 1. The fourth-order valence-corrected chi connectivity index (χ4v) is 2.52. The van der Waals surface area contributed by atoms with Gasteiger partial charge in [0.05, 0.1) is 10.9 Å². The number of carboxylic acid groups (broad SMARTS) is 1. The summed E-state index contributed by atoms with van der Waals surface area (Å²) < 4.78 is 0.657. The second-order valence-electron chi connectivity index (χ2n) is 3.74. The van der Waals surface area contributed by atoms with Crippen LogP contribution in [0.4, 0.5) is 4.79 Å². The number of aliphatic carboxylic acids is 1. The second kappa shape index (κ2) is 6.61. The first-order valence-corrected chi connectivity index (χ1v) is 6.62. The smallest absolute Gasteiger partial charge is 0.326 e. The number of hydrogen-bond donors (Lipinski definition) is 2. The summed E-state index contributed by atoms with van der Waals surface area (Å²) in [5.74, 6) is -1.01. The van der Waals surface area contributed by atoms with Crippen LogP contribution in [0.2, 0.25) is 4.34 Å². The van der Waals surface area contributed by atoms with Gasteiger partial charge >= 0.3 is 12.0 Å². The summed E-state index contributed by atoms with van der Waals surface area (Å²) in [4.78, 5) is 24.8. The van der Waals surface area contributed by atoms with E-state index in [2.05, 4.69) is 5.32 Å². The van der Waals surface area contributed by atoms with Gasteiger partial charge in [0.2, 0.25) is 0 Å². The zero-order valence-corrected chi connectivity index (χ0v) is 11.7. The summed E-state index contributed by atoms with van der Waals surface area (Å²) in [7, 11) is 1.47. The molecule has 0 aromatic carbocycles. The quantitative estimate of drug-likeness (QED) is 0.875. The summed E-state index contributed by atoms with van der Waals surface area (Å²) in [5.41, 5.74) is 0. The molecule has 0 saturated carbocycles. The molecular formula is C11H15ClN2O3S. The van der Waals surface area contributed by atoms with Crippen molar-refractivity contribution < 1.29 is 14.7 Å². The van der Waals surface area contributed by atoms with Crippen molar-refractivity contribution in [3.05, 3.63) is 21.3 Å². The number of halogens is 1. The number of carbonyl (C=O) groups excluding carboxylic acids is 1. The molecule has 2 N–H and O–H groups in total. The van der Waals surface area contributed by atoms with E-state index in [4.69, 9.17) is 16.7 Å². The molecule has 0 saturated heterocycles. The van der Waals surface area contributed by atoms with E-state index in [1.165, 1.54) is 23.3 Å². The normalized spacial score (nSPS) is 11.9. The van der Waals surface area contributed by atoms with Gasteiger partial charge in [0.25, 0.3) is 0 Å². The molecule has 0 radical (unpaired) electrons. The van der Waals surface area contributed by atoms with E-state index in [1.54, 1.807) is 13.0 Å². The van der Waals surface area contributed by atoms with Crippen LogP contribution in [0.3, 0.4) is 0 Å². The van der Waals surface area contributed by atoms with Gasteiger partial charge in [-0.1, -0.05) is 18.5 Å². The largest absolute Gasteiger partial charge is 0.480 e. The van der Waals surface area contributed by atoms with E-state index in [9.17, 15) is 9.59 Å². The Labute approximate surface area is 114 Å².